The summed E-state index contributed by atoms with van der Waals surface area (Å²) in [6.07, 6.45) is 8.03. The molecule has 1 aliphatic carbocycles. The fourth-order valence-electron chi connectivity index (χ4n) is 7.25. The third kappa shape index (κ3) is 4.22. The maximum atomic E-state index is 5.08. The molecule has 0 amide bonds. The van der Waals surface area contributed by atoms with Crippen molar-refractivity contribution in [3.8, 4) is 22.5 Å². The monoisotopic (exact) mass is 574 g/mol. The van der Waals surface area contributed by atoms with Gasteiger partial charge < -0.3 is 4.57 Å². The quantitative estimate of drug-likeness (QED) is 0.191. The first kappa shape index (κ1) is 25.7. The van der Waals surface area contributed by atoms with Crippen molar-refractivity contribution in [1.29, 1.82) is 0 Å². The lowest BCUT2D eigenvalue weighted by Crippen LogP contribution is -2.10. The summed E-state index contributed by atoms with van der Waals surface area (Å²) < 4.78 is 2.41. The normalized spacial score (nSPS) is 14.8. The highest BCUT2D eigenvalue weighted by atomic mass is 15.1. The third-order valence-electron chi connectivity index (χ3n) is 9.29. The zero-order valence-corrected chi connectivity index (χ0v) is 24.8. The molecule has 0 aliphatic heterocycles. The van der Waals surface area contributed by atoms with E-state index in [9.17, 15) is 0 Å². The number of allylic oxidation sites excluding steroid dienone is 4. The summed E-state index contributed by atoms with van der Waals surface area (Å²) in [7, 11) is 0. The van der Waals surface area contributed by atoms with E-state index in [0.717, 1.165) is 23.3 Å². The lowest BCUT2D eigenvalue weighted by molar-refractivity contribution is 0.632. The first-order chi connectivity index (χ1) is 22.3. The highest BCUT2D eigenvalue weighted by molar-refractivity contribution is 6.19. The Morgan fingerprint density at radius 3 is 1.87 bits per heavy atom. The summed E-state index contributed by atoms with van der Waals surface area (Å²) in [6, 6.07) is 52.5. The second-order valence-corrected chi connectivity index (χ2v) is 11.9. The van der Waals surface area contributed by atoms with Gasteiger partial charge >= 0.3 is 0 Å². The summed E-state index contributed by atoms with van der Waals surface area (Å²) >= 11 is 0. The van der Waals surface area contributed by atoms with Gasteiger partial charge in [0.2, 0.25) is 0 Å². The van der Waals surface area contributed by atoms with Crippen LogP contribution in [0, 0.1) is 0 Å². The standard InChI is InChI=1S/C43H30N2/c1-2-13-31(14-3-1)43-44-39-20-10-11-21-40(39)45(43)34-26-24-30(25-27-34)41-35-16-6-8-18-37(35)42(38-19-9-7-17-36(38)41)33-23-22-29-12-4-5-15-32(29)28-33/h1-26,28,34H,27H2. The van der Waals surface area contributed by atoms with Crippen LogP contribution in [0.15, 0.2) is 164 Å². The molecule has 0 fully saturated rings. The number of fused-ring (bicyclic) bond motifs is 4. The largest absolute Gasteiger partial charge is 0.317 e. The Morgan fingerprint density at radius 1 is 0.533 bits per heavy atom. The first-order valence-corrected chi connectivity index (χ1v) is 15.7. The van der Waals surface area contributed by atoms with E-state index in [1.165, 1.54) is 60.1 Å². The van der Waals surface area contributed by atoms with Gasteiger partial charge in [0.15, 0.2) is 0 Å². The minimum Gasteiger partial charge on any atom is -0.317 e. The number of benzene rings is 7. The van der Waals surface area contributed by atoms with Crippen LogP contribution < -0.4 is 0 Å². The van der Waals surface area contributed by atoms with Crippen LogP contribution in [-0.2, 0) is 0 Å². The van der Waals surface area contributed by atoms with E-state index in [2.05, 4.69) is 168 Å². The van der Waals surface area contributed by atoms with Crippen LogP contribution in [0.5, 0.6) is 0 Å². The maximum absolute atomic E-state index is 5.08. The maximum Gasteiger partial charge on any atom is 0.141 e. The molecule has 0 spiro atoms. The number of rotatable bonds is 4. The van der Waals surface area contributed by atoms with Gasteiger partial charge in [-0.15, -0.1) is 0 Å². The molecule has 9 rings (SSSR count). The molecule has 0 bridgehead atoms. The topological polar surface area (TPSA) is 17.8 Å². The SMILES string of the molecule is C1=CC(n2c(-c3ccccc3)nc3ccccc32)CC=C1c1c2ccccc2c(-c2ccc3ccccc3c2)c2ccccc12. The van der Waals surface area contributed by atoms with Crippen LogP contribution in [0.4, 0.5) is 0 Å². The summed E-state index contributed by atoms with van der Waals surface area (Å²) in [4.78, 5) is 5.08. The van der Waals surface area contributed by atoms with Crippen molar-refractivity contribution >= 4 is 48.9 Å². The molecule has 1 unspecified atom stereocenters. The van der Waals surface area contributed by atoms with Crippen molar-refractivity contribution in [2.24, 2.45) is 0 Å². The molecule has 212 valence electrons. The van der Waals surface area contributed by atoms with Crippen molar-refractivity contribution in [3.05, 3.63) is 169 Å². The van der Waals surface area contributed by atoms with Crippen LogP contribution in [0.1, 0.15) is 18.0 Å². The molecule has 7 aromatic carbocycles. The Labute approximate surface area is 262 Å². The molecule has 0 saturated carbocycles. The van der Waals surface area contributed by atoms with Gasteiger partial charge in [-0.1, -0.05) is 146 Å². The van der Waals surface area contributed by atoms with Crippen LogP contribution in [-0.4, -0.2) is 9.55 Å². The Balaban J connectivity index is 1.20. The van der Waals surface area contributed by atoms with E-state index in [-0.39, 0.29) is 6.04 Å². The number of aromatic nitrogens is 2. The first-order valence-electron chi connectivity index (χ1n) is 15.7. The number of hydrogen-bond donors (Lipinski definition) is 0. The van der Waals surface area contributed by atoms with Crippen LogP contribution in [0.25, 0.3) is 71.4 Å². The fourth-order valence-corrected chi connectivity index (χ4v) is 7.25. The molecular formula is C43H30N2. The molecule has 8 aromatic rings. The molecule has 2 heteroatoms. The predicted octanol–water partition coefficient (Wildman–Crippen LogP) is 11.4. The zero-order chi connectivity index (χ0) is 29.7. The van der Waals surface area contributed by atoms with E-state index in [1.54, 1.807) is 0 Å². The van der Waals surface area contributed by atoms with Gasteiger partial charge in [-0.05, 0) is 79.2 Å². The van der Waals surface area contributed by atoms with E-state index in [0.29, 0.717) is 0 Å². The summed E-state index contributed by atoms with van der Waals surface area (Å²) in [5.41, 5.74) is 8.46. The van der Waals surface area contributed by atoms with E-state index < -0.39 is 0 Å². The Hall–Kier alpha value is -5.73. The van der Waals surface area contributed by atoms with Gasteiger partial charge in [0.25, 0.3) is 0 Å². The summed E-state index contributed by atoms with van der Waals surface area (Å²) in [5.74, 6) is 1.01. The van der Waals surface area contributed by atoms with Gasteiger partial charge in [0.05, 0.1) is 17.1 Å². The average molecular weight is 575 g/mol. The predicted molar refractivity (Wildman–Crippen MR) is 190 cm³/mol. The summed E-state index contributed by atoms with van der Waals surface area (Å²) in [6.45, 7) is 0. The average Bonchev–Trinajstić information content (AvgIpc) is 3.51. The van der Waals surface area contributed by atoms with Gasteiger partial charge in [0.1, 0.15) is 5.82 Å². The van der Waals surface area contributed by atoms with Crippen molar-refractivity contribution in [2.45, 2.75) is 12.5 Å². The van der Waals surface area contributed by atoms with Gasteiger partial charge in [-0.2, -0.15) is 0 Å². The molecule has 2 nitrogen and oxygen atoms in total. The fraction of sp³-hybridized carbons (Fsp3) is 0.0465. The smallest absolute Gasteiger partial charge is 0.141 e. The van der Waals surface area contributed by atoms with Crippen molar-refractivity contribution < 1.29 is 0 Å². The van der Waals surface area contributed by atoms with Crippen LogP contribution in [0.3, 0.4) is 0 Å². The van der Waals surface area contributed by atoms with E-state index >= 15 is 0 Å². The Morgan fingerprint density at radius 2 is 1.16 bits per heavy atom. The zero-order valence-electron chi connectivity index (χ0n) is 24.8. The highest BCUT2D eigenvalue weighted by Gasteiger charge is 2.22. The minimum absolute atomic E-state index is 0.172. The lowest BCUT2D eigenvalue weighted by Gasteiger charge is -2.23. The number of hydrogen-bond acceptors (Lipinski definition) is 1. The number of imidazole rings is 1. The van der Waals surface area contributed by atoms with Crippen LogP contribution >= 0.6 is 0 Å². The van der Waals surface area contributed by atoms with E-state index in [4.69, 9.17) is 4.98 Å². The summed E-state index contributed by atoms with van der Waals surface area (Å²) in [5, 5.41) is 7.66. The van der Waals surface area contributed by atoms with E-state index in [1.807, 2.05) is 0 Å². The molecule has 1 atom stereocenters. The molecule has 0 N–H and O–H groups in total. The van der Waals surface area contributed by atoms with Crippen molar-refractivity contribution in [3.63, 3.8) is 0 Å². The van der Waals surface area contributed by atoms with Gasteiger partial charge in [-0.25, -0.2) is 4.98 Å². The van der Waals surface area contributed by atoms with Gasteiger partial charge in [0, 0.05) is 5.56 Å². The molecule has 45 heavy (non-hydrogen) atoms. The van der Waals surface area contributed by atoms with Crippen LogP contribution in [0.2, 0.25) is 0 Å². The minimum atomic E-state index is 0.172. The Bertz CT molecular complexity index is 2400. The molecule has 1 aromatic heterocycles. The Kier molecular flexibility index (Phi) is 5.99. The number of nitrogens with zero attached hydrogens (tertiary/aromatic N) is 2. The molecular weight excluding hydrogens is 544 g/mol. The second-order valence-electron chi connectivity index (χ2n) is 11.9. The molecule has 1 aliphatic rings. The van der Waals surface area contributed by atoms with Gasteiger partial charge in [-0.3, -0.25) is 0 Å². The second kappa shape index (κ2) is 10.5. The van der Waals surface area contributed by atoms with Crippen molar-refractivity contribution in [1.82, 2.24) is 9.55 Å². The molecule has 0 radical (unpaired) electrons. The highest BCUT2D eigenvalue weighted by Crippen LogP contribution is 2.44. The molecule has 0 saturated heterocycles. The molecule has 1 heterocycles. The third-order valence-corrected chi connectivity index (χ3v) is 9.29. The number of para-hydroxylation sites is 2. The van der Waals surface area contributed by atoms with Crippen molar-refractivity contribution in [2.75, 3.05) is 0 Å². The lowest BCUT2D eigenvalue weighted by atomic mass is 9.84.